The van der Waals surface area contributed by atoms with Crippen LogP contribution >= 0.6 is 0 Å². The normalized spacial score (nSPS) is 15.7. The minimum atomic E-state index is -0.483. The Morgan fingerprint density at radius 1 is 0.796 bits per heavy atom. The number of para-hydroxylation sites is 1. The quantitative estimate of drug-likeness (QED) is 0.176. The molecule has 0 unspecified atom stereocenters. The molecule has 2 saturated heterocycles. The second kappa shape index (κ2) is 13.8. The van der Waals surface area contributed by atoms with E-state index in [-0.39, 0.29) is 6.09 Å². The van der Waals surface area contributed by atoms with Gasteiger partial charge in [0.05, 0.1) is 16.8 Å². The molecule has 7 rings (SSSR count). The van der Waals surface area contributed by atoms with E-state index in [1.807, 2.05) is 110 Å². The molecule has 10 heteroatoms. The van der Waals surface area contributed by atoms with Gasteiger partial charge in [-0.3, -0.25) is 9.58 Å². The predicted molar refractivity (Wildman–Crippen MR) is 191 cm³/mol. The highest BCUT2D eigenvalue weighted by Gasteiger charge is 2.36. The Kier molecular flexibility index (Phi) is 9.14. The van der Waals surface area contributed by atoms with Crippen molar-refractivity contribution in [3.05, 3.63) is 102 Å². The maximum Gasteiger partial charge on any atom is 0.410 e. The first-order valence-electron chi connectivity index (χ1n) is 17.0. The number of pyridine rings is 1. The van der Waals surface area contributed by atoms with Crippen molar-refractivity contribution in [1.82, 2.24) is 24.6 Å². The first kappa shape index (κ1) is 32.5. The molecule has 3 aromatic carbocycles. The van der Waals surface area contributed by atoms with Crippen molar-refractivity contribution < 1.29 is 19.0 Å². The Balaban J connectivity index is 1.09. The van der Waals surface area contributed by atoms with Crippen LogP contribution < -0.4 is 14.4 Å². The number of rotatable bonds is 9. The Labute approximate surface area is 287 Å². The van der Waals surface area contributed by atoms with Gasteiger partial charge in [-0.2, -0.15) is 10.1 Å². The van der Waals surface area contributed by atoms with Crippen LogP contribution in [0.3, 0.4) is 0 Å². The second-order valence-electron chi connectivity index (χ2n) is 13.8. The number of aryl methyl sites for hydroxylation is 1. The number of nitrogens with zero attached hydrogens (tertiary/aromatic N) is 6. The summed E-state index contributed by atoms with van der Waals surface area (Å²) in [7, 11) is 2.00. The lowest BCUT2D eigenvalue weighted by Gasteiger charge is -2.49. The summed E-state index contributed by atoms with van der Waals surface area (Å²) in [5, 5.41) is 6.07. The smallest absolute Gasteiger partial charge is 0.410 e. The van der Waals surface area contributed by atoms with Crippen molar-refractivity contribution in [3.8, 4) is 23.0 Å². The Morgan fingerprint density at radius 3 is 2.10 bits per heavy atom. The molecule has 49 heavy (non-hydrogen) atoms. The molecule has 0 bridgehead atoms. The van der Waals surface area contributed by atoms with Gasteiger partial charge >= 0.3 is 6.09 Å². The number of carbonyl (C=O) groups is 1. The van der Waals surface area contributed by atoms with E-state index in [0.29, 0.717) is 44.1 Å². The largest absolute Gasteiger partial charge is 0.473 e. The number of amides is 1. The van der Waals surface area contributed by atoms with Crippen LogP contribution in [-0.2, 0) is 25.0 Å². The highest BCUT2D eigenvalue weighted by molar-refractivity contribution is 6.01. The Hall–Kier alpha value is -5.09. The fourth-order valence-electron chi connectivity index (χ4n) is 6.50. The van der Waals surface area contributed by atoms with Crippen LogP contribution in [0.5, 0.6) is 11.8 Å². The van der Waals surface area contributed by atoms with Crippen molar-refractivity contribution in [2.24, 2.45) is 7.05 Å². The zero-order chi connectivity index (χ0) is 34.0. The van der Waals surface area contributed by atoms with Gasteiger partial charge in [0.25, 0.3) is 0 Å². The third-order valence-electron chi connectivity index (χ3n) is 9.07. The average Bonchev–Trinajstić information content (AvgIpc) is 3.42. The number of piperazine rings is 1. The summed E-state index contributed by atoms with van der Waals surface area (Å²) in [5.74, 6) is 0.976. The minimum absolute atomic E-state index is 0.223. The number of ether oxygens (including phenoxy) is 3. The minimum Gasteiger partial charge on any atom is -0.473 e. The molecule has 254 valence electrons. The Bertz CT molecular complexity index is 1890. The molecule has 1 amide bonds. The zero-order valence-electron chi connectivity index (χ0n) is 28.7. The van der Waals surface area contributed by atoms with E-state index in [4.69, 9.17) is 24.3 Å². The summed E-state index contributed by atoms with van der Waals surface area (Å²) in [5.41, 5.74) is 5.50. The molecular weight excluding hydrogens is 616 g/mol. The fourth-order valence-corrected chi connectivity index (χ4v) is 6.50. The average molecular weight is 661 g/mol. The fraction of sp³-hybridized carbons (Fsp3) is 0.359. The van der Waals surface area contributed by atoms with E-state index in [0.717, 1.165) is 65.2 Å². The highest BCUT2D eigenvalue weighted by atomic mass is 16.6. The molecule has 4 heterocycles. The first-order valence-corrected chi connectivity index (χ1v) is 17.0. The third-order valence-corrected chi connectivity index (χ3v) is 9.07. The monoisotopic (exact) mass is 660 g/mol. The summed E-state index contributed by atoms with van der Waals surface area (Å²) >= 11 is 0. The van der Waals surface area contributed by atoms with E-state index in [2.05, 4.69) is 28.0 Å². The standard InChI is InChI=1S/C39H44N6O4/c1-39(2,3)49-38(46)44-22-20-43(21-23-44)30-24-45(25-30)33-17-11-16-31-35(41-42(4)36(31)33)32-18-19-34(47-26-28-12-7-5-8-13-28)40-37(32)48-27-29-14-9-6-10-15-29/h5-19,30H,20-27H2,1-4H3. The number of anilines is 1. The molecule has 2 aliphatic heterocycles. The lowest BCUT2D eigenvalue weighted by atomic mass is 10.0. The number of aromatic nitrogens is 3. The second-order valence-corrected chi connectivity index (χ2v) is 13.8. The van der Waals surface area contributed by atoms with Gasteiger partial charge in [-0.15, -0.1) is 0 Å². The molecule has 0 radical (unpaired) electrons. The lowest BCUT2D eigenvalue weighted by Crippen LogP contribution is -2.63. The number of hydrogen-bond acceptors (Lipinski definition) is 8. The van der Waals surface area contributed by atoms with Crippen LogP contribution in [0.25, 0.3) is 22.2 Å². The summed E-state index contributed by atoms with van der Waals surface area (Å²) in [4.78, 5) is 24.1. The predicted octanol–water partition coefficient (Wildman–Crippen LogP) is 6.53. The molecule has 2 aromatic heterocycles. The molecule has 0 saturated carbocycles. The molecule has 0 aliphatic carbocycles. The molecule has 10 nitrogen and oxygen atoms in total. The van der Waals surface area contributed by atoms with Crippen LogP contribution in [0.4, 0.5) is 10.5 Å². The van der Waals surface area contributed by atoms with Crippen LogP contribution in [0.2, 0.25) is 0 Å². The van der Waals surface area contributed by atoms with Gasteiger partial charge in [0.2, 0.25) is 11.8 Å². The van der Waals surface area contributed by atoms with Crippen LogP contribution in [0.1, 0.15) is 31.9 Å². The van der Waals surface area contributed by atoms with Crippen molar-refractivity contribution in [1.29, 1.82) is 0 Å². The summed E-state index contributed by atoms with van der Waals surface area (Å²) in [6.07, 6.45) is -0.223. The number of benzene rings is 3. The number of hydrogen-bond donors (Lipinski definition) is 0. The number of fused-ring (bicyclic) bond motifs is 1. The van der Waals surface area contributed by atoms with Crippen molar-refractivity contribution in [3.63, 3.8) is 0 Å². The van der Waals surface area contributed by atoms with Gasteiger partial charge in [-0.25, -0.2) is 4.79 Å². The van der Waals surface area contributed by atoms with Gasteiger partial charge in [-0.1, -0.05) is 72.8 Å². The SMILES string of the molecule is Cn1nc(-c2ccc(OCc3ccccc3)nc2OCc2ccccc2)c2cccc(N3CC(N4CCN(C(=O)OC(C)(C)C)CC4)C3)c21. The van der Waals surface area contributed by atoms with E-state index < -0.39 is 5.60 Å². The molecule has 2 fully saturated rings. The van der Waals surface area contributed by atoms with Crippen LogP contribution in [-0.4, -0.2) is 81.6 Å². The van der Waals surface area contributed by atoms with Gasteiger partial charge < -0.3 is 24.0 Å². The highest BCUT2D eigenvalue weighted by Crippen LogP contribution is 2.39. The van der Waals surface area contributed by atoms with Gasteiger partial charge in [-0.05, 0) is 44.0 Å². The van der Waals surface area contributed by atoms with Gasteiger partial charge in [0, 0.05) is 63.8 Å². The van der Waals surface area contributed by atoms with Crippen molar-refractivity contribution in [2.45, 2.75) is 45.6 Å². The lowest BCUT2D eigenvalue weighted by molar-refractivity contribution is 0.00877. The van der Waals surface area contributed by atoms with Gasteiger partial charge in [0.15, 0.2) is 0 Å². The number of carbonyl (C=O) groups excluding carboxylic acids is 1. The van der Waals surface area contributed by atoms with Crippen molar-refractivity contribution >= 4 is 22.7 Å². The van der Waals surface area contributed by atoms with Crippen molar-refractivity contribution in [2.75, 3.05) is 44.2 Å². The van der Waals surface area contributed by atoms with Gasteiger partial charge in [0.1, 0.15) is 24.5 Å². The molecule has 2 aliphatic rings. The summed E-state index contributed by atoms with van der Waals surface area (Å²) in [6, 6.07) is 30.9. The van der Waals surface area contributed by atoms with E-state index in [1.54, 1.807) is 0 Å². The van der Waals surface area contributed by atoms with Crippen LogP contribution in [0.15, 0.2) is 91.0 Å². The Morgan fingerprint density at radius 2 is 1.45 bits per heavy atom. The zero-order valence-corrected chi connectivity index (χ0v) is 28.7. The third kappa shape index (κ3) is 7.34. The summed E-state index contributed by atoms with van der Waals surface area (Å²) in [6.45, 7) is 11.4. The maximum absolute atomic E-state index is 12.5. The summed E-state index contributed by atoms with van der Waals surface area (Å²) < 4.78 is 20.0. The maximum atomic E-state index is 12.5. The van der Waals surface area contributed by atoms with Crippen LogP contribution in [0, 0.1) is 0 Å². The van der Waals surface area contributed by atoms with E-state index in [1.165, 1.54) is 0 Å². The molecule has 0 spiro atoms. The topological polar surface area (TPSA) is 85.2 Å². The molecule has 5 aromatic rings. The van der Waals surface area contributed by atoms with E-state index >= 15 is 0 Å². The molecule has 0 N–H and O–H groups in total. The van der Waals surface area contributed by atoms with E-state index in [9.17, 15) is 4.79 Å². The first-order chi connectivity index (χ1) is 23.7. The molecular formula is C39H44N6O4. The molecule has 0 atom stereocenters.